The molecule has 0 bridgehead atoms. The summed E-state index contributed by atoms with van der Waals surface area (Å²) >= 11 is 0. The van der Waals surface area contributed by atoms with Crippen molar-refractivity contribution in [3.63, 3.8) is 0 Å². The molecule has 2 N–H and O–H groups in total. The first-order chi connectivity index (χ1) is 27.4. The number of benzene rings is 6. The van der Waals surface area contributed by atoms with Gasteiger partial charge in [-0.25, -0.2) is 4.57 Å². The average Bonchev–Trinajstić information content (AvgIpc) is 3.25. The van der Waals surface area contributed by atoms with Gasteiger partial charge in [0.2, 0.25) is 0 Å². The molecule has 8 nitrogen and oxygen atoms in total. The minimum Gasteiger partial charge on any atom is -0.457 e. The summed E-state index contributed by atoms with van der Waals surface area (Å²) < 4.78 is 37.2. The highest BCUT2D eigenvalue weighted by Gasteiger charge is 2.39. The fourth-order valence-corrected chi connectivity index (χ4v) is 7.79. The van der Waals surface area contributed by atoms with E-state index in [9.17, 15) is 14.3 Å². The van der Waals surface area contributed by atoms with Crippen molar-refractivity contribution in [3.05, 3.63) is 215 Å². The van der Waals surface area contributed by atoms with Gasteiger partial charge in [-0.05, 0) is 39.8 Å². The lowest BCUT2D eigenvalue weighted by Crippen LogP contribution is -2.46. The maximum Gasteiger partial charge on any atom is 0.472 e. The van der Waals surface area contributed by atoms with Crippen LogP contribution in [0.5, 0.6) is 0 Å². The van der Waals surface area contributed by atoms with Crippen molar-refractivity contribution >= 4 is 13.8 Å². The smallest absolute Gasteiger partial charge is 0.457 e. The molecule has 0 aromatic heterocycles. The van der Waals surface area contributed by atoms with Crippen LogP contribution >= 0.6 is 7.82 Å². The van der Waals surface area contributed by atoms with Crippen molar-refractivity contribution in [2.45, 2.75) is 37.0 Å². The Morgan fingerprint density at radius 3 is 1.34 bits per heavy atom. The van der Waals surface area contributed by atoms with Gasteiger partial charge in [-0.15, -0.1) is 0 Å². The maximum absolute atomic E-state index is 13.4. The summed E-state index contributed by atoms with van der Waals surface area (Å²) in [6.07, 6.45) is -0.295. The predicted molar refractivity (Wildman–Crippen MR) is 219 cm³/mol. The van der Waals surface area contributed by atoms with Crippen LogP contribution in [0.2, 0.25) is 0 Å². The van der Waals surface area contributed by atoms with Crippen LogP contribution in [0.25, 0.3) is 0 Å². The highest BCUT2D eigenvalue weighted by molar-refractivity contribution is 7.47. The number of hydrogen-bond donors (Lipinski definition) is 2. The molecule has 0 heterocycles. The van der Waals surface area contributed by atoms with Crippen molar-refractivity contribution in [1.29, 1.82) is 0 Å². The molecule has 56 heavy (non-hydrogen) atoms. The molecule has 288 valence electrons. The molecule has 0 aliphatic heterocycles. The summed E-state index contributed by atoms with van der Waals surface area (Å²) in [5, 5.41) is 3.64. The Kier molecular flexibility index (Phi) is 14.2. The summed E-state index contributed by atoms with van der Waals surface area (Å²) in [5.41, 5.74) is 3.68. The number of carbonyl (C=O) groups is 1. The molecule has 0 saturated heterocycles. The van der Waals surface area contributed by atoms with E-state index in [1.807, 2.05) is 153 Å². The van der Waals surface area contributed by atoms with E-state index in [0.29, 0.717) is 6.42 Å². The fraction of sp³-hybridized carbons (Fsp3) is 0.213. The van der Waals surface area contributed by atoms with Crippen LogP contribution < -0.4 is 5.32 Å². The molecule has 1 unspecified atom stereocenters. The first-order valence-electron chi connectivity index (χ1n) is 18.9. The number of esters is 1. The van der Waals surface area contributed by atoms with Crippen molar-refractivity contribution in [1.82, 2.24) is 5.32 Å². The van der Waals surface area contributed by atoms with Gasteiger partial charge in [-0.2, -0.15) is 0 Å². The van der Waals surface area contributed by atoms with Gasteiger partial charge >= 0.3 is 13.8 Å². The SMILES string of the molecule is CCCC(=O)O[C@H](COC(c1ccccc1)(c1ccccc1)c1ccccc1)COP(=O)(O)OCCNC(c1ccccc1)(c1ccccc1)c1ccccc1. The van der Waals surface area contributed by atoms with E-state index in [2.05, 4.69) is 41.7 Å². The molecule has 0 radical (unpaired) electrons. The minimum absolute atomic E-state index is 0.149. The lowest BCUT2D eigenvalue weighted by molar-refractivity contribution is -0.157. The predicted octanol–water partition coefficient (Wildman–Crippen LogP) is 9.42. The van der Waals surface area contributed by atoms with E-state index in [1.54, 1.807) is 0 Å². The zero-order valence-electron chi connectivity index (χ0n) is 31.5. The molecule has 6 aromatic carbocycles. The Morgan fingerprint density at radius 1 is 0.589 bits per heavy atom. The van der Waals surface area contributed by atoms with Crippen molar-refractivity contribution in [2.75, 3.05) is 26.4 Å². The first kappa shape index (κ1) is 40.5. The second-order valence-corrected chi connectivity index (χ2v) is 14.8. The van der Waals surface area contributed by atoms with E-state index < -0.39 is 37.6 Å². The monoisotopic (exact) mass is 769 g/mol. The van der Waals surface area contributed by atoms with Crippen LogP contribution in [0.15, 0.2) is 182 Å². The highest BCUT2D eigenvalue weighted by Crippen LogP contribution is 2.44. The maximum atomic E-state index is 13.4. The molecule has 6 rings (SSSR count). The summed E-state index contributed by atoms with van der Waals surface area (Å²) in [5.74, 6) is -0.466. The van der Waals surface area contributed by atoms with Crippen molar-refractivity contribution < 1.29 is 32.8 Å². The first-order valence-corrected chi connectivity index (χ1v) is 20.4. The molecular formula is C47H48NO7P. The van der Waals surface area contributed by atoms with Gasteiger partial charge in [-0.1, -0.05) is 189 Å². The number of phosphoric acid groups is 1. The number of rotatable bonds is 20. The number of hydrogen-bond acceptors (Lipinski definition) is 7. The third-order valence-corrected chi connectivity index (χ3v) is 10.6. The average molecular weight is 770 g/mol. The number of nitrogens with one attached hydrogen (secondary N) is 1. The molecular weight excluding hydrogens is 721 g/mol. The third kappa shape index (κ3) is 9.78. The summed E-state index contributed by atoms with van der Waals surface area (Å²) in [6.45, 7) is 1.33. The normalized spacial score (nSPS) is 13.4. The van der Waals surface area contributed by atoms with Crippen molar-refractivity contribution in [3.8, 4) is 0 Å². The number of ether oxygens (including phenoxy) is 2. The summed E-state index contributed by atoms with van der Waals surface area (Å²) in [6, 6.07) is 59.5. The molecule has 0 aliphatic rings. The van der Waals surface area contributed by atoms with Gasteiger partial charge in [0.1, 0.15) is 11.7 Å². The van der Waals surface area contributed by atoms with Gasteiger partial charge in [0.25, 0.3) is 0 Å². The Hall–Kier alpha value is -5.18. The topological polar surface area (TPSA) is 103 Å². The summed E-state index contributed by atoms with van der Waals surface area (Å²) in [4.78, 5) is 23.8. The van der Waals surface area contributed by atoms with Gasteiger partial charge in [-0.3, -0.25) is 19.2 Å². The highest BCUT2D eigenvalue weighted by atomic mass is 31.2. The Balaban J connectivity index is 1.20. The molecule has 0 amide bonds. The van der Waals surface area contributed by atoms with E-state index in [4.69, 9.17) is 18.5 Å². The van der Waals surface area contributed by atoms with Crippen LogP contribution in [-0.4, -0.2) is 43.3 Å². The summed E-state index contributed by atoms with van der Waals surface area (Å²) in [7, 11) is -4.63. The fourth-order valence-electron chi connectivity index (χ4n) is 7.04. The standard InChI is InChI=1S/C47H48NO7P/c1-2-21-45(49)55-44(36-52-47(41-28-15-6-16-29-41,42-30-17-7-18-31-42)43-32-19-8-20-33-43)37-54-56(50,51)53-35-34-48-46(38-22-9-3-10-23-38,39-24-11-4-12-25-39)40-26-13-5-14-27-40/h3-20,22-33,44,48H,2,21,34-37H2,1H3,(H,50,51)/t44-/m1/s1. The number of phosphoric ester groups is 1. The largest absolute Gasteiger partial charge is 0.472 e. The molecule has 0 aliphatic carbocycles. The molecule has 0 spiro atoms. The van der Waals surface area contributed by atoms with E-state index in [-0.39, 0.29) is 26.2 Å². The lowest BCUT2D eigenvalue weighted by Gasteiger charge is -2.37. The van der Waals surface area contributed by atoms with Crippen LogP contribution in [0, 0.1) is 0 Å². The second kappa shape index (κ2) is 19.6. The Morgan fingerprint density at radius 2 is 0.964 bits per heavy atom. The lowest BCUT2D eigenvalue weighted by atomic mass is 9.77. The third-order valence-electron chi connectivity index (χ3n) is 9.57. The zero-order chi connectivity index (χ0) is 39.1. The van der Waals surface area contributed by atoms with Crippen LogP contribution in [-0.2, 0) is 39.0 Å². The minimum atomic E-state index is -4.63. The van der Waals surface area contributed by atoms with Crippen LogP contribution in [0.3, 0.4) is 0 Å². The number of carbonyl (C=O) groups excluding carboxylic acids is 1. The second-order valence-electron chi connectivity index (χ2n) is 13.3. The van der Waals surface area contributed by atoms with E-state index in [0.717, 1.165) is 33.4 Å². The van der Waals surface area contributed by atoms with Gasteiger partial charge < -0.3 is 14.4 Å². The zero-order valence-corrected chi connectivity index (χ0v) is 32.4. The molecule has 2 atom stereocenters. The molecule has 9 heteroatoms. The molecule has 0 fully saturated rings. The van der Waals surface area contributed by atoms with Crippen molar-refractivity contribution in [2.24, 2.45) is 0 Å². The van der Waals surface area contributed by atoms with E-state index in [1.165, 1.54) is 0 Å². The van der Waals surface area contributed by atoms with Gasteiger partial charge in [0.05, 0.1) is 25.4 Å². The molecule has 0 saturated carbocycles. The quantitative estimate of drug-likeness (QED) is 0.0343. The van der Waals surface area contributed by atoms with Crippen LogP contribution in [0.4, 0.5) is 0 Å². The van der Waals surface area contributed by atoms with Gasteiger partial charge in [0.15, 0.2) is 0 Å². The van der Waals surface area contributed by atoms with Gasteiger partial charge in [0, 0.05) is 13.0 Å². The Bertz CT molecular complexity index is 1910. The van der Waals surface area contributed by atoms with Crippen LogP contribution in [0.1, 0.15) is 53.1 Å². The van der Waals surface area contributed by atoms with E-state index >= 15 is 0 Å². The Labute approximate surface area is 329 Å². The molecule has 6 aromatic rings.